The molecule has 0 aromatic carbocycles. The SMILES string of the molecule is C=Nc1c(SCc2c(C)nc(NC(C(=O)OC)C(C)C)nc2NCCC(CC)CO)ccnc1C. The van der Waals surface area contributed by atoms with Gasteiger partial charge in [0.05, 0.1) is 18.5 Å². The molecular weight excluding hydrogens is 464 g/mol. The molecule has 0 saturated carbocycles. The molecule has 2 unspecified atom stereocenters. The van der Waals surface area contributed by atoms with E-state index >= 15 is 0 Å². The lowest BCUT2D eigenvalue weighted by Gasteiger charge is -2.22. The van der Waals surface area contributed by atoms with Crippen LogP contribution in [-0.4, -0.2) is 59.0 Å². The Morgan fingerprint density at radius 3 is 2.63 bits per heavy atom. The monoisotopic (exact) mass is 502 g/mol. The Kier molecular flexibility index (Phi) is 11.4. The average molecular weight is 503 g/mol. The maximum atomic E-state index is 12.3. The highest BCUT2D eigenvalue weighted by molar-refractivity contribution is 7.98. The lowest BCUT2D eigenvalue weighted by atomic mass is 10.0. The summed E-state index contributed by atoms with van der Waals surface area (Å²) in [6, 6.07) is 1.37. The Balaban J connectivity index is 2.35. The number of carbonyl (C=O) groups excluding carboxylic acids is 1. The summed E-state index contributed by atoms with van der Waals surface area (Å²) in [4.78, 5) is 31.1. The van der Waals surface area contributed by atoms with E-state index in [1.165, 1.54) is 7.11 Å². The molecule has 2 atom stereocenters. The molecule has 35 heavy (non-hydrogen) atoms. The Morgan fingerprint density at radius 2 is 2.03 bits per heavy atom. The van der Waals surface area contributed by atoms with Crippen LogP contribution in [0.3, 0.4) is 0 Å². The lowest BCUT2D eigenvalue weighted by Crippen LogP contribution is -2.36. The number of aryl methyl sites for hydroxylation is 2. The number of methoxy groups -OCH3 is 1. The van der Waals surface area contributed by atoms with Gasteiger partial charge in [-0.3, -0.25) is 9.98 Å². The molecule has 0 radical (unpaired) electrons. The fourth-order valence-corrected chi connectivity index (χ4v) is 4.71. The van der Waals surface area contributed by atoms with Gasteiger partial charge >= 0.3 is 5.97 Å². The van der Waals surface area contributed by atoms with E-state index in [4.69, 9.17) is 9.72 Å². The normalized spacial score (nSPS) is 12.8. The maximum absolute atomic E-state index is 12.3. The zero-order valence-electron chi connectivity index (χ0n) is 21.6. The molecule has 2 heterocycles. The summed E-state index contributed by atoms with van der Waals surface area (Å²) in [6.45, 7) is 14.3. The Morgan fingerprint density at radius 1 is 1.29 bits per heavy atom. The van der Waals surface area contributed by atoms with Crippen LogP contribution in [0, 0.1) is 25.7 Å². The van der Waals surface area contributed by atoms with Gasteiger partial charge in [-0.2, -0.15) is 4.98 Å². The molecule has 3 N–H and O–H groups in total. The quantitative estimate of drug-likeness (QED) is 0.194. The van der Waals surface area contributed by atoms with Crippen molar-refractivity contribution in [1.82, 2.24) is 15.0 Å². The Labute approximate surface area is 212 Å². The summed E-state index contributed by atoms with van der Waals surface area (Å²) >= 11 is 1.62. The largest absolute Gasteiger partial charge is 0.467 e. The van der Waals surface area contributed by atoms with Crippen molar-refractivity contribution in [1.29, 1.82) is 0 Å². The molecule has 0 bridgehead atoms. The molecule has 0 saturated heterocycles. The number of thioether (sulfide) groups is 1. The topological polar surface area (TPSA) is 122 Å². The van der Waals surface area contributed by atoms with Gasteiger partial charge in [0, 0.05) is 41.3 Å². The number of rotatable bonds is 14. The third-order valence-corrected chi connectivity index (χ3v) is 6.97. The second-order valence-electron chi connectivity index (χ2n) is 8.71. The van der Waals surface area contributed by atoms with Crippen molar-refractivity contribution in [3.8, 4) is 0 Å². The fourth-order valence-electron chi connectivity index (χ4n) is 3.56. The first-order valence-corrected chi connectivity index (χ1v) is 12.9. The lowest BCUT2D eigenvalue weighted by molar-refractivity contribution is -0.142. The van der Waals surface area contributed by atoms with E-state index in [1.807, 2.05) is 33.8 Å². The first-order chi connectivity index (χ1) is 16.7. The number of aliphatic hydroxyl groups is 1. The molecule has 0 aliphatic heterocycles. The number of pyridine rings is 1. The van der Waals surface area contributed by atoms with Crippen molar-refractivity contribution in [3.05, 3.63) is 29.2 Å². The third kappa shape index (κ3) is 7.90. The van der Waals surface area contributed by atoms with Crippen molar-refractivity contribution in [3.63, 3.8) is 0 Å². The number of hydrogen-bond donors (Lipinski definition) is 3. The smallest absolute Gasteiger partial charge is 0.328 e. The molecule has 10 heteroatoms. The minimum Gasteiger partial charge on any atom is -0.467 e. The highest BCUT2D eigenvalue weighted by atomic mass is 32.2. The number of esters is 1. The highest BCUT2D eigenvalue weighted by Gasteiger charge is 2.25. The molecule has 9 nitrogen and oxygen atoms in total. The van der Waals surface area contributed by atoms with Crippen LogP contribution >= 0.6 is 11.8 Å². The summed E-state index contributed by atoms with van der Waals surface area (Å²) in [6.07, 6.45) is 3.49. The summed E-state index contributed by atoms with van der Waals surface area (Å²) < 4.78 is 4.95. The van der Waals surface area contributed by atoms with Crippen LogP contribution in [-0.2, 0) is 15.3 Å². The van der Waals surface area contributed by atoms with Gasteiger partial charge in [-0.1, -0.05) is 27.2 Å². The zero-order valence-corrected chi connectivity index (χ0v) is 22.4. The zero-order chi connectivity index (χ0) is 26.0. The number of ether oxygens (including phenoxy) is 1. The number of aromatic nitrogens is 3. The number of aliphatic imine (C=N–C) groups is 1. The first-order valence-electron chi connectivity index (χ1n) is 11.9. The van der Waals surface area contributed by atoms with Gasteiger partial charge in [-0.15, -0.1) is 11.8 Å². The number of nitrogens with zero attached hydrogens (tertiary/aromatic N) is 4. The van der Waals surface area contributed by atoms with Crippen molar-refractivity contribution in [2.45, 2.75) is 64.2 Å². The van der Waals surface area contributed by atoms with Gasteiger partial charge in [0.25, 0.3) is 0 Å². The fraction of sp³-hybridized carbons (Fsp3) is 0.560. The molecule has 0 fully saturated rings. The Bertz CT molecular complexity index is 997. The summed E-state index contributed by atoms with van der Waals surface area (Å²) in [5, 5.41) is 16.1. The molecule has 0 amide bonds. The van der Waals surface area contributed by atoms with Crippen LogP contribution in [0.2, 0.25) is 0 Å². The second kappa shape index (κ2) is 14.0. The number of anilines is 2. The van der Waals surface area contributed by atoms with Gasteiger partial charge in [0.2, 0.25) is 5.95 Å². The van der Waals surface area contributed by atoms with Crippen LogP contribution in [0.1, 0.15) is 50.6 Å². The molecule has 2 aromatic heterocycles. The molecule has 0 aliphatic carbocycles. The second-order valence-corrected chi connectivity index (χ2v) is 9.73. The van der Waals surface area contributed by atoms with E-state index in [9.17, 15) is 9.90 Å². The van der Waals surface area contributed by atoms with E-state index in [1.54, 1.807) is 18.0 Å². The predicted octanol–water partition coefficient (Wildman–Crippen LogP) is 4.54. The average Bonchev–Trinajstić information content (AvgIpc) is 2.84. The number of nitrogens with one attached hydrogen (secondary N) is 2. The first kappa shape index (κ1) is 28.5. The molecule has 2 rings (SSSR count). The van der Waals surface area contributed by atoms with Gasteiger partial charge in [0.15, 0.2) is 0 Å². The van der Waals surface area contributed by atoms with Crippen molar-refractivity contribution in [2.24, 2.45) is 16.8 Å². The van der Waals surface area contributed by atoms with E-state index in [0.717, 1.165) is 40.4 Å². The van der Waals surface area contributed by atoms with Gasteiger partial charge < -0.3 is 20.5 Å². The van der Waals surface area contributed by atoms with Crippen molar-refractivity contribution >= 4 is 41.9 Å². The van der Waals surface area contributed by atoms with Gasteiger partial charge in [0.1, 0.15) is 11.9 Å². The predicted molar refractivity (Wildman–Crippen MR) is 143 cm³/mol. The van der Waals surface area contributed by atoms with Crippen LogP contribution in [0.15, 0.2) is 22.2 Å². The van der Waals surface area contributed by atoms with Crippen LogP contribution < -0.4 is 10.6 Å². The van der Waals surface area contributed by atoms with Gasteiger partial charge in [-0.05, 0) is 44.9 Å². The number of carbonyl (C=O) groups is 1. The van der Waals surface area contributed by atoms with E-state index in [-0.39, 0.29) is 24.4 Å². The van der Waals surface area contributed by atoms with Crippen molar-refractivity contribution < 1.29 is 14.6 Å². The molecule has 2 aromatic rings. The van der Waals surface area contributed by atoms with Gasteiger partial charge in [-0.25, -0.2) is 9.78 Å². The minimum atomic E-state index is -0.563. The number of aliphatic hydroxyl groups excluding tert-OH is 1. The molecule has 0 aliphatic rings. The summed E-state index contributed by atoms with van der Waals surface area (Å²) in [5.41, 5.74) is 3.36. The summed E-state index contributed by atoms with van der Waals surface area (Å²) in [7, 11) is 1.37. The summed E-state index contributed by atoms with van der Waals surface area (Å²) in [5.74, 6) is 1.54. The van der Waals surface area contributed by atoms with Crippen molar-refractivity contribution in [2.75, 3.05) is 30.9 Å². The van der Waals surface area contributed by atoms with E-state index in [0.29, 0.717) is 24.1 Å². The highest BCUT2D eigenvalue weighted by Crippen LogP contribution is 2.35. The minimum absolute atomic E-state index is 0.00684. The maximum Gasteiger partial charge on any atom is 0.328 e. The third-order valence-electron chi connectivity index (χ3n) is 5.90. The molecule has 0 spiro atoms. The standard InChI is InChI=1S/C25H38N6O3S/c1-8-18(13-32)9-11-28-23-19(14-35-20-10-12-27-17(5)22(20)26-6)16(4)29-25(31-23)30-21(15(2)3)24(33)34-7/h10,12,15,18,21,32H,6,8-9,11,13-14H2,1-5,7H3,(H2,28,29,30,31). The van der Waals surface area contributed by atoms with Crippen LogP contribution in [0.5, 0.6) is 0 Å². The van der Waals surface area contributed by atoms with E-state index < -0.39 is 6.04 Å². The molecule has 192 valence electrons. The molecular formula is C25H38N6O3S. The van der Waals surface area contributed by atoms with Crippen LogP contribution in [0.4, 0.5) is 17.5 Å². The number of hydrogen-bond acceptors (Lipinski definition) is 10. The van der Waals surface area contributed by atoms with Crippen LogP contribution in [0.25, 0.3) is 0 Å². The van der Waals surface area contributed by atoms with E-state index in [2.05, 4.69) is 39.2 Å². The Hall–Kier alpha value is -2.72.